The van der Waals surface area contributed by atoms with E-state index in [0.717, 1.165) is 10.9 Å². The molecule has 3 heterocycles. The molecule has 12 nitrogen and oxygen atoms in total. The smallest absolute Gasteiger partial charge is 0.280 e. The molecule has 1 aliphatic heterocycles. The van der Waals surface area contributed by atoms with E-state index in [9.17, 15) is 29.7 Å². The zero-order chi connectivity index (χ0) is 22.4. The fourth-order valence-electron chi connectivity index (χ4n) is 3.34. The molecular formula is C18H25N5O7. The second kappa shape index (κ2) is 7.87. The molecule has 0 spiro atoms. The van der Waals surface area contributed by atoms with E-state index >= 15 is 0 Å². The number of anilines is 1. The van der Waals surface area contributed by atoms with Gasteiger partial charge in [-0.1, -0.05) is 27.7 Å². The quantitative estimate of drug-likeness (QED) is 0.386. The van der Waals surface area contributed by atoms with E-state index in [-0.39, 0.29) is 28.9 Å². The van der Waals surface area contributed by atoms with Gasteiger partial charge in [0.25, 0.3) is 5.56 Å². The summed E-state index contributed by atoms with van der Waals surface area (Å²) in [5, 5.41) is 33.7. The first kappa shape index (κ1) is 22.0. The molecule has 5 N–H and O–H groups in total. The van der Waals surface area contributed by atoms with Gasteiger partial charge < -0.3 is 20.1 Å². The Kier molecular flexibility index (Phi) is 5.78. The molecule has 1 saturated heterocycles. The van der Waals surface area contributed by atoms with Crippen molar-refractivity contribution in [2.24, 2.45) is 11.8 Å². The van der Waals surface area contributed by atoms with E-state index in [1.165, 1.54) is 0 Å². The number of fused-ring (bicyclic) bond motifs is 1. The zero-order valence-corrected chi connectivity index (χ0v) is 17.0. The second-order valence-corrected chi connectivity index (χ2v) is 7.88. The summed E-state index contributed by atoms with van der Waals surface area (Å²) in [7, 11) is 0. The molecule has 0 bridgehead atoms. The van der Waals surface area contributed by atoms with Gasteiger partial charge in [-0.05, 0) is 0 Å². The summed E-state index contributed by atoms with van der Waals surface area (Å²) >= 11 is 0. The number of amides is 1. The normalized spacial score (nSPS) is 26.6. The number of nitrogens with one attached hydrogen (secondary N) is 2. The average Bonchev–Trinajstić information content (AvgIpc) is 3.21. The lowest BCUT2D eigenvalue weighted by molar-refractivity contribution is -0.161. The standard InChI is InChI=1S/C18H25N5O7/c1-7(2)11(25)18(29)12(26)9(5-24)30-16(18)23-6-19-10-13(23)20-17(22-15(10)28)21-14(27)8(3)4/h6-9,12,16,24,26,29H,5H2,1-4H3,(H2,20,21,22,27,28)/t9-,12-,16?,18+/m1/s1. The van der Waals surface area contributed by atoms with Gasteiger partial charge in [-0.25, -0.2) is 4.98 Å². The van der Waals surface area contributed by atoms with Gasteiger partial charge in [-0.3, -0.25) is 29.3 Å². The van der Waals surface area contributed by atoms with Crippen molar-refractivity contribution in [3.63, 3.8) is 0 Å². The highest BCUT2D eigenvalue weighted by molar-refractivity contribution is 5.91. The SMILES string of the molecule is CC(C)C(=O)Nc1nc2c(ncn2C2O[C@H](CO)[C@@H](O)[C@@]2(O)C(=O)C(C)C)c(=O)[nH]1. The van der Waals surface area contributed by atoms with Gasteiger partial charge in [0.05, 0.1) is 12.9 Å². The van der Waals surface area contributed by atoms with Gasteiger partial charge in [0.2, 0.25) is 11.9 Å². The Hall–Kier alpha value is -2.67. The molecular weight excluding hydrogens is 398 g/mol. The number of aromatic amines is 1. The third kappa shape index (κ3) is 3.41. The monoisotopic (exact) mass is 423 g/mol. The molecule has 0 aromatic carbocycles. The molecule has 1 aliphatic rings. The van der Waals surface area contributed by atoms with Gasteiger partial charge >= 0.3 is 0 Å². The number of hydrogen-bond donors (Lipinski definition) is 5. The lowest BCUT2D eigenvalue weighted by Crippen LogP contribution is -2.54. The summed E-state index contributed by atoms with van der Waals surface area (Å²) in [5.74, 6) is -2.29. The molecule has 4 atom stereocenters. The number of nitrogens with zero attached hydrogens (tertiary/aromatic N) is 3. The van der Waals surface area contributed by atoms with Crippen LogP contribution in [0.4, 0.5) is 5.95 Å². The molecule has 2 aromatic rings. The highest BCUT2D eigenvalue weighted by Gasteiger charge is 2.61. The number of rotatable bonds is 6. The number of H-pyrrole nitrogens is 1. The van der Waals surface area contributed by atoms with Crippen molar-refractivity contribution in [2.75, 3.05) is 11.9 Å². The molecule has 164 valence electrons. The van der Waals surface area contributed by atoms with Gasteiger partial charge in [0.1, 0.15) is 12.2 Å². The van der Waals surface area contributed by atoms with Gasteiger partial charge in [0.15, 0.2) is 28.8 Å². The lowest BCUT2D eigenvalue weighted by atomic mass is 9.84. The molecule has 2 aromatic heterocycles. The summed E-state index contributed by atoms with van der Waals surface area (Å²) in [5.41, 5.74) is -3.28. The predicted octanol–water partition coefficient (Wildman–Crippen LogP) is -1.08. The third-order valence-corrected chi connectivity index (χ3v) is 5.03. The average molecular weight is 423 g/mol. The number of carbonyl (C=O) groups is 2. The van der Waals surface area contributed by atoms with Crippen LogP contribution < -0.4 is 10.9 Å². The van der Waals surface area contributed by atoms with Crippen molar-refractivity contribution in [3.05, 3.63) is 16.7 Å². The summed E-state index contributed by atoms with van der Waals surface area (Å²) in [6.45, 7) is 5.77. The van der Waals surface area contributed by atoms with Crippen molar-refractivity contribution in [3.8, 4) is 0 Å². The second-order valence-electron chi connectivity index (χ2n) is 7.88. The highest BCUT2D eigenvalue weighted by Crippen LogP contribution is 2.41. The first-order valence-corrected chi connectivity index (χ1v) is 9.51. The fourth-order valence-corrected chi connectivity index (χ4v) is 3.34. The first-order chi connectivity index (χ1) is 14.0. The predicted molar refractivity (Wildman–Crippen MR) is 103 cm³/mol. The molecule has 1 amide bonds. The van der Waals surface area contributed by atoms with Gasteiger partial charge in [0, 0.05) is 11.8 Å². The van der Waals surface area contributed by atoms with E-state index in [1.54, 1.807) is 27.7 Å². The number of carbonyl (C=O) groups excluding carboxylic acids is 2. The van der Waals surface area contributed by atoms with Crippen LogP contribution >= 0.6 is 0 Å². The van der Waals surface area contributed by atoms with E-state index in [1.807, 2.05) is 0 Å². The van der Waals surface area contributed by atoms with Crippen molar-refractivity contribution in [1.82, 2.24) is 19.5 Å². The number of ether oxygens (including phenoxy) is 1. The molecule has 1 unspecified atom stereocenters. The van der Waals surface area contributed by atoms with Gasteiger partial charge in [-0.15, -0.1) is 0 Å². The van der Waals surface area contributed by atoms with Crippen molar-refractivity contribution < 1.29 is 29.6 Å². The Morgan fingerprint density at radius 3 is 2.57 bits per heavy atom. The minimum atomic E-state index is -2.42. The Morgan fingerprint density at radius 2 is 2.00 bits per heavy atom. The van der Waals surface area contributed by atoms with Crippen LogP contribution in [-0.2, 0) is 14.3 Å². The van der Waals surface area contributed by atoms with E-state index in [0.29, 0.717) is 0 Å². The molecule has 1 fully saturated rings. The zero-order valence-electron chi connectivity index (χ0n) is 17.0. The lowest BCUT2D eigenvalue weighted by Gasteiger charge is -2.31. The number of ketones is 1. The largest absolute Gasteiger partial charge is 0.394 e. The van der Waals surface area contributed by atoms with Gasteiger partial charge in [-0.2, -0.15) is 4.98 Å². The Bertz CT molecular complexity index is 1030. The number of aromatic nitrogens is 4. The fraction of sp³-hybridized carbons (Fsp3) is 0.611. The number of Topliss-reactive ketones (excluding diaryl/α,β-unsaturated/α-hetero) is 1. The van der Waals surface area contributed by atoms with Crippen LogP contribution in [0, 0.1) is 11.8 Å². The van der Waals surface area contributed by atoms with Crippen LogP contribution in [0.3, 0.4) is 0 Å². The van der Waals surface area contributed by atoms with Crippen molar-refractivity contribution >= 4 is 28.8 Å². The van der Waals surface area contributed by atoms with Crippen LogP contribution in [0.2, 0.25) is 0 Å². The number of aliphatic hydroxyl groups is 3. The molecule has 3 rings (SSSR count). The maximum absolute atomic E-state index is 12.8. The van der Waals surface area contributed by atoms with E-state index in [4.69, 9.17) is 4.74 Å². The number of imidazole rings is 1. The molecule has 30 heavy (non-hydrogen) atoms. The Morgan fingerprint density at radius 1 is 1.33 bits per heavy atom. The topological polar surface area (TPSA) is 180 Å². The highest BCUT2D eigenvalue weighted by atomic mass is 16.6. The van der Waals surface area contributed by atoms with Crippen molar-refractivity contribution in [2.45, 2.75) is 51.7 Å². The van der Waals surface area contributed by atoms with Crippen molar-refractivity contribution in [1.29, 1.82) is 0 Å². The maximum atomic E-state index is 12.8. The summed E-state index contributed by atoms with van der Waals surface area (Å²) in [6, 6.07) is 0. The number of hydrogen-bond acceptors (Lipinski definition) is 9. The maximum Gasteiger partial charge on any atom is 0.280 e. The van der Waals surface area contributed by atoms with E-state index < -0.39 is 47.9 Å². The Balaban J connectivity index is 2.14. The molecule has 12 heteroatoms. The van der Waals surface area contributed by atoms with Crippen LogP contribution in [0.25, 0.3) is 11.2 Å². The minimum Gasteiger partial charge on any atom is -0.394 e. The minimum absolute atomic E-state index is 0.0800. The third-order valence-electron chi connectivity index (χ3n) is 5.03. The van der Waals surface area contributed by atoms with Crippen LogP contribution in [0.15, 0.2) is 11.1 Å². The first-order valence-electron chi connectivity index (χ1n) is 9.51. The summed E-state index contributed by atoms with van der Waals surface area (Å²) in [4.78, 5) is 47.7. The molecule has 0 aliphatic carbocycles. The molecule has 0 saturated carbocycles. The van der Waals surface area contributed by atoms with E-state index in [2.05, 4.69) is 20.3 Å². The number of aliphatic hydroxyl groups excluding tert-OH is 2. The van der Waals surface area contributed by atoms with Crippen LogP contribution in [0.1, 0.15) is 33.9 Å². The molecule has 0 radical (unpaired) electrons. The summed E-state index contributed by atoms with van der Waals surface area (Å²) in [6.07, 6.45) is -3.34. The van der Waals surface area contributed by atoms with Crippen LogP contribution in [-0.4, -0.2) is 70.9 Å². The summed E-state index contributed by atoms with van der Waals surface area (Å²) < 4.78 is 6.71. The van der Waals surface area contributed by atoms with Crippen LogP contribution in [0.5, 0.6) is 0 Å². The Labute approximate surface area is 170 Å².